The van der Waals surface area contributed by atoms with E-state index in [0.29, 0.717) is 17.5 Å². The van der Waals surface area contributed by atoms with E-state index in [0.717, 1.165) is 27.8 Å². The van der Waals surface area contributed by atoms with Gasteiger partial charge in [-0.2, -0.15) is 0 Å². The molecule has 0 atom stereocenters. The molecule has 1 heterocycles. The van der Waals surface area contributed by atoms with Crippen LogP contribution < -0.4 is 0 Å². The molecule has 3 nitrogen and oxygen atoms in total. The lowest BCUT2D eigenvalue weighted by Crippen LogP contribution is -2.28. The summed E-state index contributed by atoms with van der Waals surface area (Å²) < 4.78 is 0. The monoisotopic (exact) mass is 675 g/mol. The Balaban J connectivity index is 1.13. The van der Waals surface area contributed by atoms with Crippen molar-refractivity contribution in [2.75, 3.05) is 0 Å². The molecule has 1 aromatic heterocycles. The molecule has 1 aliphatic carbocycles. The summed E-state index contributed by atoms with van der Waals surface area (Å²) in [4.78, 5) is 14.9. The van der Waals surface area contributed by atoms with Crippen molar-refractivity contribution in [1.29, 1.82) is 0 Å². The topological polar surface area (TPSA) is 38.7 Å². The van der Waals surface area contributed by atoms with Gasteiger partial charge in [-0.25, -0.2) is 15.0 Å². The fraction of sp³-hybridized carbons (Fsp3) is 0.0200. The van der Waals surface area contributed by atoms with E-state index in [1.807, 2.05) is 60.7 Å². The van der Waals surface area contributed by atoms with Crippen molar-refractivity contribution in [1.82, 2.24) is 15.0 Å². The maximum atomic E-state index is 4.99. The molecular formula is C50H33N3. The standard InChI is InChI=1S/C50H33N3/c1-5-16-34(17-6-1)47-51-48(35-18-7-2-8-19-35)53-49(52-47)39-21-15-20-36(30-39)37-28-29-38-32-44-43-26-13-14-27-45(43)50(41-22-9-3-10-23-41,42-24-11-4-12-25-42)46(44)33-40(38)31-37/h1-33H. The number of benzene rings is 8. The third-order valence-electron chi connectivity index (χ3n) is 10.6. The molecule has 0 aliphatic heterocycles. The second kappa shape index (κ2) is 12.7. The first-order chi connectivity index (χ1) is 26.3. The van der Waals surface area contributed by atoms with E-state index in [1.165, 1.54) is 44.2 Å². The Labute approximate surface area is 309 Å². The molecule has 9 aromatic rings. The molecule has 0 spiro atoms. The molecule has 0 saturated heterocycles. The van der Waals surface area contributed by atoms with Crippen LogP contribution in [0, 0.1) is 0 Å². The highest BCUT2D eigenvalue weighted by molar-refractivity contribution is 5.97. The summed E-state index contributed by atoms with van der Waals surface area (Å²) in [5.41, 5.74) is 12.4. The average molecular weight is 676 g/mol. The summed E-state index contributed by atoms with van der Waals surface area (Å²) in [6.45, 7) is 0. The van der Waals surface area contributed by atoms with Gasteiger partial charge >= 0.3 is 0 Å². The summed E-state index contributed by atoms with van der Waals surface area (Å²) in [7, 11) is 0. The van der Waals surface area contributed by atoms with Crippen LogP contribution in [-0.4, -0.2) is 15.0 Å². The van der Waals surface area contributed by atoms with Gasteiger partial charge in [-0.15, -0.1) is 0 Å². The molecule has 0 saturated carbocycles. The number of fused-ring (bicyclic) bond motifs is 4. The first-order valence-corrected chi connectivity index (χ1v) is 18.0. The highest BCUT2D eigenvalue weighted by atomic mass is 15.0. The minimum atomic E-state index is -0.440. The number of aromatic nitrogens is 3. The van der Waals surface area contributed by atoms with Crippen LogP contribution in [0.2, 0.25) is 0 Å². The van der Waals surface area contributed by atoms with Crippen molar-refractivity contribution < 1.29 is 0 Å². The Morgan fingerprint density at radius 1 is 0.283 bits per heavy atom. The van der Waals surface area contributed by atoms with Crippen LogP contribution in [0.15, 0.2) is 200 Å². The third kappa shape index (κ3) is 5.17. The lowest BCUT2D eigenvalue weighted by Gasteiger charge is -2.34. The minimum absolute atomic E-state index is 0.440. The molecule has 0 fully saturated rings. The zero-order chi connectivity index (χ0) is 35.2. The fourth-order valence-corrected chi connectivity index (χ4v) is 8.14. The maximum Gasteiger partial charge on any atom is 0.164 e. The van der Waals surface area contributed by atoms with Crippen LogP contribution in [0.1, 0.15) is 22.3 Å². The van der Waals surface area contributed by atoms with E-state index in [9.17, 15) is 0 Å². The molecular weight excluding hydrogens is 643 g/mol. The molecule has 3 heteroatoms. The predicted molar refractivity (Wildman–Crippen MR) is 216 cm³/mol. The van der Waals surface area contributed by atoms with Crippen molar-refractivity contribution in [2.45, 2.75) is 5.41 Å². The van der Waals surface area contributed by atoms with E-state index in [-0.39, 0.29) is 0 Å². The third-order valence-corrected chi connectivity index (χ3v) is 10.6. The average Bonchev–Trinajstić information content (AvgIpc) is 3.53. The van der Waals surface area contributed by atoms with Gasteiger partial charge in [-0.3, -0.25) is 0 Å². The van der Waals surface area contributed by atoms with E-state index >= 15 is 0 Å². The first kappa shape index (κ1) is 30.8. The van der Waals surface area contributed by atoms with Crippen molar-refractivity contribution in [3.63, 3.8) is 0 Å². The van der Waals surface area contributed by atoms with E-state index in [4.69, 9.17) is 15.0 Å². The second-order valence-corrected chi connectivity index (χ2v) is 13.6. The van der Waals surface area contributed by atoms with Gasteiger partial charge in [0.2, 0.25) is 0 Å². The number of hydrogen-bond acceptors (Lipinski definition) is 3. The summed E-state index contributed by atoms with van der Waals surface area (Å²) in [6.07, 6.45) is 0. The number of rotatable bonds is 6. The molecule has 248 valence electrons. The van der Waals surface area contributed by atoms with Crippen LogP contribution in [0.25, 0.3) is 67.2 Å². The zero-order valence-corrected chi connectivity index (χ0v) is 28.9. The van der Waals surface area contributed by atoms with E-state index in [2.05, 4.69) is 140 Å². The molecule has 10 rings (SSSR count). The summed E-state index contributed by atoms with van der Waals surface area (Å²) in [6, 6.07) is 71.3. The Morgan fingerprint density at radius 3 is 1.40 bits per heavy atom. The van der Waals surface area contributed by atoms with Gasteiger partial charge in [-0.1, -0.05) is 176 Å². The quantitative estimate of drug-likeness (QED) is 0.176. The van der Waals surface area contributed by atoms with Gasteiger partial charge in [0.25, 0.3) is 0 Å². The molecule has 0 N–H and O–H groups in total. The largest absolute Gasteiger partial charge is 0.208 e. The molecule has 0 bridgehead atoms. The first-order valence-electron chi connectivity index (χ1n) is 18.0. The van der Waals surface area contributed by atoms with Gasteiger partial charge in [0, 0.05) is 16.7 Å². The van der Waals surface area contributed by atoms with Crippen molar-refractivity contribution in [3.8, 4) is 56.4 Å². The smallest absolute Gasteiger partial charge is 0.164 e. The van der Waals surface area contributed by atoms with Gasteiger partial charge < -0.3 is 0 Å². The van der Waals surface area contributed by atoms with Gasteiger partial charge in [-0.05, 0) is 79.5 Å². The molecule has 0 radical (unpaired) electrons. The van der Waals surface area contributed by atoms with E-state index in [1.54, 1.807) is 0 Å². The lowest BCUT2D eigenvalue weighted by atomic mass is 9.67. The van der Waals surface area contributed by atoms with Crippen LogP contribution in [-0.2, 0) is 5.41 Å². The second-order valence-electron chi connectivity index (χ2n) is 13.6. The maximum absolute atomic E-state index is 4.99. The minimum Gasteiger partial charge on any atom is -0.208 e. The Morgan fingerprint density at radius 2 is 0.774 bits per heavy atom. The van der Waals surface area contributed by atoms with Crippen LogP contribution in [0.4, 0.5) is 0 Å². The fourth-order valence-electron chi connectivity index (χ4n) is 8.14. The van der Waals surface area contributed by atoms with Crippen LogP contribution >= 0.6 is 0 Å². The lowest BCUT2D eigenvalue weighted by molar-refractivity contribution is 0.769. The number of hydrogen-bond donors (Lipinski definition) is 0. The van der Waals surface area contributed by atoms with Gasteiger partial charge in [0.05, 0.1) is 5.41 Å². The van der Waals surface area contributed by atoms with Crippen LogP contribution in [0.5, 0.6) is 0 Å². The molecule has 53 heavy (non-hydrogen) atoms. The van der Waals surface area contributed by atoms with Crippen molar-refractivity contribution in [3.05, 3.63) is 222 Å². The molecule has 1 aliphatic rings. The Kier molecular flexibility index (Phi) is 7.36. The molecule has 8 aromatic carbocycles. The predicted octanol–water partition coefficient (Wildman–Crippen LogP) is 12.1. The highest BCUT2D eigenvalue weighted by Crippen LogP contribution is 2.56. The Bertz CT molecular complexity index is 2660. The number of nitrogens with zero attached hydrogens (tertiary/aromatic N) is 3. The SMILES string of the molecule is c1ccc(-c2nc(-c3ccccc3)nc(-c3cccc(-c4ccc5cc6c(cc5c4)C(c4ccccc4)(c4ccccc4)c4ccccc4-6)c3)n2)cc1. The van der Waals surface area contributed by atoms with Gasteiger partial charge in [0.1, 0.15) is 0 Å². The Hall–Kier alpha value is -6.97. The molecule has 0 unspecified atom stereocenters. The summed E-state index contributed by atoms with van der Waals surface area (Å²) in [5, 5.41) is 2.42. The van der Waals surface area contributed by atoms with Crippen LogP contribution in [0.3, 0.4) is 0 Å². The van der Waals surface area contributed by atoms with Crippen molar-refractivity contribution >= 4 is 10.8 Å². The van der Waals surface area contributed by atoms with E-state index < -0.39 is 5.41 Å². The van der Waals surface area contributed by atoms with Gasteiger partial charge in [0.15, 0.2) is 17.5 Å². The summed E-state index contributed by atoms with van der Waals surface area (Å²) in [5.74, 6) is 1.95. The normalized spacial score (nSPS) is 12.7. The highest BCUT2D eigenvalue weighted by Gasteiger charge is 2.46. The van der Waals surface area contributed by atoms with Crippen molar-refractivity contribution in [2.24, 2.45) is 0 Å². The summed E-state index contributed by atoms with van der Waals surface area (Å²) >= 11 is 0. The molecule has 0 amide bonds. The zero-order valence-electron chi connectivity index (χ0n) is 28.9.